The third-order valence-corrected chi connectivity index (χ3v) is 2.81. The molecule has 0 saturated heterocycles. The number of anilines is 1. The number of nitrogens with one attached hydrogen (secondary N) is 1. The van der Waals surface area contributed by atoms with Gasteiger partial charge in [-0.2, -0.15) is 0 Å². The van der Waals surface area contributed by atoms with Gasteiger partial charge in [0.1, 0.15) is 11.4 Å². The highest BCUT2D eigenvalue weighted by atomic mass is 19.1. The van der Waals surface area contributed by atoms with Gasteiger partial charge in [0.05, 0.1) is 5.69 Å². The van der Waals surface area contributed by atoms with Crippen LogP contribution in [0.4, 0.5) is 10.1 Å². The zero-order valence-corrected chi connectivity index (χ0v) is 10.9. The molecule has 6 nitrogen and oxygen atoms in total. The van der Waals surface area contributed by atoms with Gasteiger partial charge in [0.15, 0.2) is 0 Å². The van der Waals surface area contributed by atoms with Crippen molar-refractivity contribution >= 4 is 11.6 Å². The zero-order chi connectivity index (χ0) is 14.9. The van der Waals surface area contributed by atoms with Gasteiger partial charge in [0, 0.05) is 20.3 Å². The van der Waals surface area contributed by atoms with E-state index in [9.17, 15) is 18.8 Å². The molecule has 0 atom stereocenters. The first kappa shape index (κ1) is 13.7. The summed E-state index contributed by atoms with van der Waals surface area (Å²) in [6.07, 6.45) is 1.13. The van der Waals surface area contributed by atoms with Crippen LogP contribution in [0, 0.1) is 5.82 Å². The van der Waals surface area contributed by atoms with Crippen LogP contribution in [0.15, 0.2) is 40.1 Å². The fourth-order valence-corrected chi connectivity index (χ4v) is 1.72. The fourth-order valence-electron chi connectivity index (χ4n) is 1.72. The lowest BCUT2D eigenvalue weighted by molar-refractivity contribution is 0.102. The summed E-state index contributed by atoms with van der Waals surface area (Å²) in [6.45, 7) is 0. The van der Waals surface area contributed by atoms with Crippen LogP contribution in [-0.2, 0) is 14.1 Å². The van der Waals surface area contributed by atoms with Crippen LogP contribution in [0.25, 0.3) is 0 Å². The monoisotopic (exact) mass is 277 g/mol. The fraction of sp³-hybridized carbons (Fsp3) is 0.154. The van der Waals surface area contributed by atoms with Gasteiger partial charge in [-0.25, -0.2) is 9.18 Å². The Morgan fingerprint density at radius 1 is 1.20 bits per heavy atom. The van der Waals surface area contributed by atoms with Gasteiger partial charge in [-0.15, -0.1) is 0 Å². The standard InChI is InChI=1S/C13H12FN3O3/c1-16-7-8(12(19)17(2)13(16)20)11(18)15-10-6-4-3-5-9(10)14/h3-7H,1-2H3,(H,15,18). The number of para-hydroxylation sites is 1. The molecule has 0 saturated carbocycles. The lowest BCUT2D eigenvalue weighted by Crippen LogP contribution is -2.40. The van der Waals surface area contributed by atoms with E-state index in [1.807, 2.05) is 0 Å². The predicted octanol–water partition coefficient (Wildman–Crippen LogP) is 0.475. The van der Waals surface area contributed by atoms with Gasteiger partial charge < -0.3 is 9.88 Å². The number of aromatic nitrogens is 2. The summed E-state index contributed by atoms with van der Waals surface area (Å²) < 4.78 is 15.4. The quantitative estimate of drug-likeness (QED) is 0.867. The highest BCUT2D eigenvalue weighted by molar-refractivity contribution is 6.03. The molecule has 0 aliphatic carbocycles. The number of rotatable bonds is 2. The minimum absolute atomic E-state index is 0.0339. The molecule has 1 heterocycles. The summed E-state index contributed by atoms with van der Waals surface area (Å²) in [5, 5.41) is 2.30. The summed E-state index contributed by atoms with van der Waals surface area (Å²) in [4.78, 5) is 35.4. The third-order valence-electron chi connectivity index (χ3n) is 2.81. The van der Waals surface area contributed by atoms with Crippen molar-refractivity contribution in [1.82, 2.24) is 9.13 Å². The number of halogens is 1. The Kier molecular flexibility index (Phi) is 3.51. The number of carbonyl (C=O) groups excluding carboxylic acids is 1. The van der Waals surface area contributed by atoms with E-state index in [2.05, 4.69) is 5.32 Å². The Morgan fingerprint density at radius 2 is 1.85 bits per heavy atom. The first-order valence-corrected chi connectivity index (χ1v) is 5.74. The minimum Gasteiger partial charge on any atom is -0.319 e. The van der Waals surface area contributed by atoms with E-state index < -0.39 is 23.0 Å². The second-order valence-electron chi connectivity index (χ2n) is 4.23. The molecule has 104 valence electrons. The van der Waals surface area contributed by atoms with Crippen molar-refractivity contribution in [1.29, 1.82) is 0 Å². The van der Waals surface area contributed by atoms with E-state index in [0.29, 0.717) is 0 Å². The molecule has 0 fully saturated rings. The predicted molar refractivity (Wildman–Crippen MR) is 71.3 cm³/mol. The smallest absolute Gasteiger partial charge is 0.319 e. The first-order valence-electron chi connectivity index (χ1n) is 5.74. The number of hydrogen-bond acceptors (Lipinski definition) is 3. The van der Waals surface area contributed by atoms with Crippen molar-refractivity contribution in [2.45, 2.75) is 0 Å². The Hall–Kier alpha value is -2.70. The molecule has 0 spiro atoms. The van der Waals surface area contributed by atoms with Gasteiger partial charge in [0.25, 0.3) is 11.5 Å². The summed E-state index contributed by atoms with van der Waals surface area (Å²) in [6, 6.07) is 5.60. The van der Waals surface area contributed by atoms with E-state index in [1.165, 1.54) is 32.3 Å². The molecule has 20 heavy (non-hydrogen) atoms. The largest absolute Gasteiger partial charge is 0.330 e. The van der Waals surface area contributed by atoms with Gasteiger partial charge in [0.2, 0.25) is 0 Å². The van der Waals surface area contributed by atoms with Crippen molar-refractivity contribution in [3.05, 3.63) is 62.7 Å². The summed E-state index contributed by atoms with van der Waals surface area (Å²) in [5.74, 6) is -1.38. The van der Waals surface area contributed by atoms with Crippen molar-refractivity contribution in [2.24, 2.45) is 14.1 Å². The lowest BCUT2D eigenvalue weighted by atomic mass is 10.2. The Labute approximate surface area is 113 Å². The van der Waals surface area contributed by atoms with Gasteiger partial charge in [-0.3, -0.25) is 14.2 Å². The number of aryl methyl sites for hydroxylation is 1. The van der Waals surface area contributed by atoms with Crippen LogP contribution < -0.4 is 16.6 Å². The summed E-state index contributed by atoms with van der Waals surface area (Å²) in [7, 11) is 2.69. The number of hydrogen-bond donors (Lipinski definition) is 1. The van der Waals surface area contributed by atoms with Crippen LogP contribution >= 0.6 is 0 Å². The molecule has 2 aromatic rings. The van der Waals surface area contributed by atoms with Crippen LogP contribution in [0.3, 0.4) is 0 Å². The molecular weight excluding hydrogens is 265 g/mol. The van der Waals surface area contributed by atoms with Gasteiger partial charge in [-0.1, -0.05) is 12.1 Å². The molecule has 0 aliphatic rings. The molecule has 0 radical (unpaired) electrons. The molecular formula is C13H12FN3O3. The van der Waals surface area contributed by atoms with E-state index in [0.717, 1.165) is 15.3 Å². The second-order valence-corrected chi connectivity index (χ2v) is 4.23. The molecule has 0 aliphatic heterocycles. The second kappa shape index (κ2) is 5.12. The summed E-state index contributed by atoms with van der Waals surface area (Å²) >= 11 is 0. The van der Waals surface area contributed by atoms with Crippen molar-refractivity contribution in [2.75, 3.05) is 5.32 Å². The Bertz CT molecular complexity index is 792. The first-order chi connectivity index (χ1) is 9.41. The maximum atomic E-state index is 13.4. The summed E-state index contributed by atoms with van der Waals surface area (Å²) in [5.41, 5.74) is -1.55. The molecule has 1 aromatic carbocycles. The topological polar surface area (TPSA) is 73.1 Å². The maximum absolute atomic E-state index is 13.4. The van der Waals surface area contributed by atoms with E-state index in [4.69, 9.17) is 0 Å². The molecule has 1 amide bonds. The van der Waals surface area contributed by atoms with Crippen LogP contribution in [0.1, 0.15) is 10.4 Å². The number of nitrogens with zero attached hydrogens (tertiary/aromatic N) is 2. The Balaban J connectivity index is 2.43. The normalized spacial score (nSPS) is 10.3. The van der Waals surface area contributed by atoms with Crippen LogP contribution in [0.5, 0.6) is 0 Å². The highest BCUT2D eigenvalue weighted by Gasteiger charge is 2.15. The molecule has 7 heteroatoms. The molecule has 0 unspecified atom stereocenters. The maximum Gasteiger partial charge on any atom is 0.330 e. The molecule has 2 rings (SSSR count). The number of carbonyl (C=O) groups is 1. The van der Waals surface area contributed by atoms with Crippen LogP contribution in [0.2, 0.25) is 0 Å². The van der Waals surface area contributed by atoms with Gasteiger partial charge >= 0.3 is 5.69 Å². The molecule has 1 N–H and O–H groups in total. The van der Waals surface area contributed by atoms with E-state index in [-0.39, 0.29) is 11.3 Å². The van der Waals surface area contributed by atoms with Crippen molar-refractivity contribution < 1.29 is 9.18 Å². The van der Waals surface area contributed by atoms with E-state index >= 15 is 0 Å². The zero-order valence-electron chi connectivity index (χ0n) is 10.9. The number of benzene rings is 1. The van der Waals surface area contributed by atoms with E-state index in [1.54, 1.807) is 6.07 Å². The Morgan fingerprint density at radius 3 is 2.50 bits per heavy atom. The van der Waals surface area contributed by atoms with Crippen molar-refractivity contribution in [3.63, 3.8) is 0 Å². The van der Waals surface area contributed by atoms with Crippen LogP contribution in [-0.4, -0.2) is 15.0 Å². The molecule has 1 aromatic heterocycles. The highest BCUT2D eigenvalue weighted by Crippen LogP contribution is 2.12. The average molecular weight is 277 g/mol. The lowest BCUT2D eigenvalue weighted by Gasteiger charge is -2.08. The number of amides is 1. The molecule has 0 bridgehead atoms. The third kappa shape index (κ3) is 2.37. The minimum atomic E-state index is -0.772. The SMILES string of the molecule is Cn1cc(C(=O)Nc2ccccc2F)c(=O)n(C)c1=O. The van der Waals surface area contributed by atoms with Gasteiger partial charge in [-0.05, 0) is 12.1 Å². The van der Waals surface area contributed by atoms with Crippen molar-refractivity contribution in [3.8, 4) is 0 Å². The average Bonchev–Trinajstić information content (AvgIpc) is 2.43.